The molecule has 2 aliphatic heterocycles. The van der Waals surface area contributed by atoms with Gasteiger partial charge in [0.25, 0.3) is 0 Å². The van der Waals surface area contributed by atoms with Crippen LogP contribution in [0.2, 0.25) is 0 Å². The zero-order chi connectivity index (χ0) is 14.0. The SMILES string of the molecule is CCC1SCC(C(=O)O)N1C(=O)C1CCNC(C)C1. The lowest BCUT2D eigenvalue weighted by Gasteiger charge is -2.34. The van der Waals surface area contributed by atoms with Gasteiger partial charge < -0.3 is 15.3 Å². The third-order valence-corrected chi connectivity index (χ3v) is 5.41. The van der Waals surface area contributed by atoms with Crippen LogP contribution in [-0.4, -0.2) is 51.6 Å². The second-order valence-electron chi connectivity index (χ2n) is 5.37. The Bertz CT molecular complexity index is 364. The highest BCUT2D eigenvalue weighted by molar-refractivity contribution is 8.00. The molecule has 2 saturated heterocycles. The molecule has 5 nitrogen and oxygen atoms in total. The Labute approximate surface area is 118 Å². The summed E-state index contributed by atoms with van der Waals surface area (Å²) in [7, 11) is 0. The van der Waals surface area contributed by atoms with Crippen LogP contribution < -0.4 is 5.32 Å². The number of carbonyl (C=O) groups excluding carboxylic acids is 1. The van der Waals surface area contributed by atoms with E-state index in [1.165, 1.54) is 0 Å². The molecule has 108 valence electrons. The van der Waals surface area contributed by atoms with Gasteiger partial charge in [-0.15, -0.1) is 11.8 Å². The Hall–Kier alpha value is -0.750. The number of hydrogen-bond acceptors (Lipinski definition) is 4. The van der Waals surface area contributed by atoms with Gasteiger partial charge in [0.1, 0.15) is 6.04 Å². The Morgan fingerprint density at radius 1 is 1.47 bits per heavy atom. The number of carboxylic acids is 1. The zero-order valence-electron chi connectivity index (χ0n) is 11.5. The minimum Gasteiger partial charge on any atom is -0.480 e. The zero-order valence-corrected chi connectivity index (χ0v) is 12.3. The van der Waals surface area contributed by atoms with Crippen LogP contribution in [0.25, 0.3) is 0 Å². The molecular weight excluding hydrogens is 264 g/mol. The number of thioether (sulfide) groups is 1. The van der Waals surface area contributed by atoms with Crippen LogP contribution in [-0.2, 0) is 9.59 Å². The molecule has 2 heterocycles. The van der Waals surface area contributed by atoms with Crippen LogP contribution in [0.15, 0.2) is 0 Å². The number of aliphatic carboxylic acids is 1. The summed E-state index contributed by atoms with van der Waals surface area (Å²) in [5.74, 6) is -0.345. The maximum Gasteiger partial charge on any atom is 0.327 e. The monoisotopic (exact) mass is 286 g/mol. The van der Waals surface area contributed by atoms with Crippen LogP contribution >= 0.6 is 11.8 Å². The molecule has 0 aromatic rings. The van der Waals surface area contributed by atoms with E-state index in [1.807, 2.05) is 6.92 Å². The van der Waals surface area contributed by atoms with Gasteiger partial charge in [-0.25, -0.2) is 4.79 Å². The van der Waals surface area contributed by atoms with Crippen LogP contribution in [0, 0.1) is 5.92 Å². The molecule has 0 bridgehead atoms. The quantitative estimate of drug-likeness (QED) is 0.814. The Balaban J connectivity index is 2.11. The van der Waals surface area contributed by atoms with Gasteiger partial charge in [0.2, 0.25) is 5.91 Å². The summed E-state index contributed by atoms with van der Waals surface area (Å²) in [4.78, 5) is 25.6. The number of piperidine rings is 1. The molecular formula is C13H22N2O3S. The molecule has 0 aromatic carbocycles. The van der Waals surface area contributed by atoms with Crippen molar-refractivity contribution in [3.05, 3.63) is 0 Å². The van der Waals surface area contributed by atoms with Gasteiger partial charge in [-0.2, -0.15) is 0 Å². The first kappa shape index (κ1) is 14.7. The Kier molecular flexibility index (Phi) is 4.73. The molecule has 4 unspecified atom stereocenters. The third kappa shape index (κ3) is 3.05. The van der Waals surface area contributed by atoms with E-state index in [0.29, 0.717) is 11.8 Å². The fourth-order valence-corrected chi connectivity index (χ4v) is 4.29. The van der Waals surface area contributed by atoms with E-state index in [4.69, 9.17) is 0 Å². The second-order valence-corrected chi connectivity index (χ2v) is 6.58. The van der Waals surface area contributed by atoms with Crippen molar-refractivity contribution in [3.63, 3.8) is 0 Å². The van der Waals surface area contributed by atoms with E-state index in [0.717, 1.165) is 25.8 Å². The first-order valence-corrected chi connectivity index (χ1v) is 7.99. The van der Waals surface area contributed by atoms with Crippen molar-refractivity contribution in [3.8, 4) is 0 Å². The van der Waals surface area contributed by atoms with Gasteiger partial charge in [0.15, 0.2) is 0 Å². The Morgan fingerprint density at radius 3 is 2.79 bits per heavy atom. The van der Waals surface area contributed by atoms with E-state index in [2.05, 4.69) is 12.2 Å². The smallest absolute Gasteiger partial charge is 0.327 e. The molecule has 4 atom stereocenters. The topological polar surface area (TPSA) is 69.6 Å². The van der Waals surface area contributed by atoms with Crippen molar-refractivity contribution in [2.75, 3.05) is 12.3 Å². The van der Waals surface area contributed by atoms with E-state index < -0.39 is 12.0 Å². The predicted octanol–water partition coefficient (Wildman–Crippen LogP) is 1.14. The molecule has 19 heavy (non-hydrogen) atoms. The molecule has 6 heteroatoms. The molecule has 1 amide bonds. The number of rotatable bonds is 3. The summed E-state index contributed by atoms with van der Waals surface area (Å²) < 4.78 is 0. The Morgan fingerprint density at radius 2 is 2.21 bits per heavy atom. The number of carbonyl (C=O) groups is 2. The summed E-state index contributed by atoms with van der Waals surface area (Å²) >= 11 is 1.59. The summed E-state index contributed by atoms with van der Waals surface area (Å²) in [5, 5.41) is 12.6. The van der Waals surface area contributed by atoms with Crippen LogP contribution in [0.1, 0.15) is 33.1 Å². The average Bonchev–Trinajstić information content (AvgIpc) is 2.81. The van der Waals surface area contributed by atoms with E-state index >= 15 is 0 Å². The number of nitrogens with one attached hydrogen (secondary N) is 1. The molecule has 2 N–H and O–H groups in total. The number of amides is 1. The summed E-state index contributed by atoms with van der Waals surface area (Å²) in [6.45, 7) is 4.92. The summed E-state index contributed by atoms with van der Waals surface area (Å²) in [5.41, 5.74) is 0. The summed E-state index contributed by atoms with van der Waals surface area (Å²) in [6.07, 6.45) is 2.43. The number of carboxylic acid groups (broad SMARTS) is 1. The summed E-state index contributed by atoms with van der Waals surface area (Å²) in [6, 6.07) is -0.311. The van der Waals surface area contributed by atoms with Crippen molar-refractivity contribution >= 4 is 23.6 Å². The van der Waals surface area contributed by atoms with Gasteiger partial charge in [-0.05, 0) is 32.7 Å². The molecule has 0 spiro atoms. The van der Waals surface area contributed by atoms with Crippen molar-refractivity contribution < 1.29 is 14.7 Å². The highest BCUT2D eigenvalue weighted by atomic mass is 32.2. The number of hydrogen-bond donors (Lipinski definition) is 2. The molecule has 0 aromatic heterocycles. The molecule has 2 fully saturated rings. The van der Waals surface area contributed by atoms with Crippen molar-refractivity contribution in [1.29, 1.82) is 0 Å². The largest absolute Gasteiger partial charge is 0.480 e. The maximum atomic E-state index is 12.7. The van der Waals surface area contributed by atoms with Gasteiger partial charge in [-0.1, -0.05) is 6.92 Å². The van der Waals surface area contributed by atoms with Crippen LogP contribution in [0.5, 0.6) is 0 Å². The minimum atomic E-state index is -0.876. The first-order valence-electron chi connectivity index (χ1n) is 6.94. The lowest BCUT2D eigenvalue weighted by molar-refractivity contribution is -0.151. The standard InChI is InChI=1S/C13H22N2O3S/c1-3-11-15(10(7-19-11)13(17)18)12(16)9-4-5-14-8(2)6-9/h8-11,14H,3-7H2,1-2H3,(H,17,18). The van der Waals surface area contributed by atoms with Crippen LogP contribution in [0.4, 0.5) is 0 Å². The molecule has 0 aliphatic carbocycles. The average molecular weight is 286 g/mol. The number of nitrogens with zero attached hydrogens (tertiary/aromatic N) is 1. The minimum absolute atomic E-state index is 0.0224. The van der Waals surface area contributed by atoms with Crippen LogP contribution in [0.3, 0.4) is 0 Å². The lowest BCUT2D eigenvalue weighted by Crippen LogP contribution is -2.50. The van der Waals surface area contributed by atoms with Crippen molar-refractivity contribution in [1.82, 2.24) is 10.2 Å². The third-order valence-electron chi connectivity index (χ3n) is 3.95. The normalized spacial score (nSPS) is 35.4. The van der Waals surface area contributed by atoms with E-state index in [1.54, 1.807) is 16.7 Å². The molecule has 2 aliphatic rings. The first-order chi connectivity index (χ1) is 9.04. The molecule has 0 radical (unpaired) electrons. The van der Waals surface area contributed by atoms with Gasteiger partial charge in [0, 0.05) is 17.7 Å². The van der Waals surface area contributed by atoms with Gasteiger partial charge in [-0.3, -0.25) is 4.79 Å². The second kappa shape index (κ2) is 6.13. The fraction of sp³-hybridized carbons (Fsp3) is 0.846. The molecule has 2 rings (SSSR count). The van der Waals surface area contributed by atoms with E-state index in [9.17, 15) is 14.7 Å². The lowest BCUT2D eigenvalue weighted by atomic mass is 9.91. The fourth-order valence-electron chi connectivity index (χ4n) is 2.93. The van der Waals surface area contributed by atoms with E-state index in [-0.39, 0.29) is 17.2 Å². The predicted molar refractivity (Wildman–Crippen MR) is 75.0 cm³/mol. The van der Waals surface area contributed by atoms with Gasteiger partial charge in [0.05, 0.1) is 5.37 Å². The maximum absolute atomic E-state index is 12.7. The molecule has 0 saturated carbocycles. The highest BCUT2D eigenvalue weighted by Gasteiger charge is 2.43. The van der Waals surface area contributed by atoms with Crippen molar-refractivity contribution in [2.45, 2.75) is 50.6 Å². The van der Waals surface area contributed by atoms with Crippen molar-refractivity contribution in [2.24, 2.45) is 5.92 Å². The highest BCUT2D eigenvalue weighted by Crippen LogP contribution is 2.34. The van der Waals surface area contributed by atoms with Gasteiger partial charge >= 0.3 is 5.97 Å².